The van der Waals surface area contributed by atoms with Gasteiger partial charge in [0.05, 0.1) is 26.0 Å². The molecule has 1 saturated heterocycles. The van der Waals surface area contributed by atoms with Crippen LogP contribution < -0.4 is 20.3 Å². The predicted octanol–water partition coefficient (Wildman–Crippen LogP) is 3.07. The molecule has 2 aromatic heterocycles. The Morgan fingerprint density at radius 1 is 1.14 bits per heavy atom. The Kier molecular flexibility index (Phi) is 9.27. The van der Waals surface area contributed by atoms with Crippen molar-refractivity contribution in [3.63, 3.8) is 0 Å². The van der Waals surface area contributed by atoms with Gasteiger partial charge in [0.1, 0.15) is 23.7 Å². The summed E-state index contributed by atoms with van der Waals surface area (Å²) in [6, 6.07) is 11.5. The maximum absolute atomic E-state index is 11.9. The number of methoxy groups -OCH3 is 1. The highest BCUT2D eigenvalue weighted by Crippen LogP contribution is 2.28. The lowest BCUT2D eigenvalue weighted by molar-refractivity contribution is 0.0962. The number of carbonyl (C=O) groups excluding carboxylic acids is 1. The van der Waals surface area contributed by atoms with E-state index in [-0.39, 0.29) is 25.3 Å². The summed E-state index contributed by atoms with van der Waals surface area (Å²) in [5, 5.41) is 6.02. The Morgan fingerprint density at radius 3 is 2.63 bits per heavy atom. The van der Waals surface area contributed by atoms with Gasteiger partial charge in [0.2, 0.25) is 0 Å². The van der Waals surface area contributed by atoms with Gasteiger partial charge in [0.15, 0.2) is 0 Å². The number of rotatable bonds is 8. The van der Waals surface area contributed by atoms with E-state index < -0.39 is 0 Å². The molecule has 0 saturated carbocycles. The molecule has 0 bridgehead atoms. The van der Waals surface area contributed by atoms with Crippen molar-refractivity contribution in [2.75, 3.05) is 57.2 Å². The SMILES string of the molecule is CNC(=O)c1ccc([C@H](C)CNc2cc(-c3ccc(N4CCOCC4)nc3)ncn2)c(OC)c1.S. The summed E-state index contributed by atoms with van der Waals surface area (Å²) in [7, 11) is 3.22. The first-order valence-corrected chi connectivity index (χ1v) is 11.3. The molecule has 3 aromatic rings. The highest BCUT2D eigenvalue weighted by Gasteiger charge is 2.15. The molecule has 1 atom stereocenters. The van der Waals surface area contributed by atoms with Crippen LogP contribution in [0.3, 0.4) is 0 Å². The van der Waals surface area contributed by atoms with E-state index in [1.807, 2.05) is 36.5 Å². The Balaban J connectivity index is 0.00000342. The molecule has 186 valence electrons. The topological polar surface area (TPSA) is 102 Å². The van der Waals surface area contributed by atoms with Gasteiger partial charge in [-0.2, -0.15) is 13.5 Å². The molecular weight excluding hydrogens is 464 g/mol. The Labute approximate surface area is 212 Å². The number of carbonyl (C=O) groups is 1. The van der Waals surface area contributed by atoms with Gasteiger partial charge in [-0.15, -0.1) is 0 Å². The largest absolute Gasteiger partial charge is 0.496 e. The minimum absolute atomic E-state index is 0. The van der Waals surface area contributed by atoms with Crippen molar-refractivity contribution >= 4 is 31.0 Å². The summed E-state index contributed by atoms with van der Waals surface area (Å²) in [4.78, 5) is 27.5. The average Bonchev–Trinajstić information content (AvgIpc) is 2.91. The zero-order chi connectivity index (χ0) is 23.9. The summed E-state index contributed by atoms with van der Waals surface area (Å²) >= 11 is 0. The lowest BCUT2D eigenvalue weighted by Crippen LogP contribution is -2.36. The number of morpholine rings is 1. The fourth-order valence-corrected chi connectivity index (χ4v) is 3.90. The molecule has 1 amide bonds. The lowest BCUT2D eigenvalue weighted by atomic mass is 9.98. The molecule has 3 heterocycles. The van der Waals surface area contributed by atoms with Gasteiger partial charge in [-0.25, -0.2) is 15.0 Å². The number of amides is 1. The molecule has 35 heavy (non-hydrogen) atoms. The Bertz CT molecular complexity index is 1120. The summed E-state index contributed by atoms with van der Waals surface area (Å²) in [6.07, 6.45) is 3.40. The fraction of sp³-hybridized carbons (Fsp3) is 0.360. The Hall–Kier alpha value is -3.37. The molecule has 1 fully saturated rings. The first-order valence-electron chi connectivity index (χ1n) is 11.3. The third-order valence-electron chi connectivity index (χ3n) is 5.89. The van der Waals surface area contributed by atoms with E-state index in [4.69, 9.17) is 9.47 Å². The zero-order valence-electron chi connectivity index (χ0n) is 20.2. The average molecular weight is 497 g/mol. The first kappa shape index (κ1) is 26.2. The molecule has 0 unspecified atom stereocenters. The fourth-order valence-electron chi connectivity index (χ4n) is 3.90. The second kappa shape index (κ2) is 12.4. The molecule has 2 N–H and O–H groups in total. The third kappa shape index (κ3) is 6.40. The van der Waals surface area contributed by atoms with Crippen molar-refractivity contribution in [3.8, 4) is 17.0 Å². The van der Waals surface area contributed by atoms with Gasteiger partial charge in [0.25, 0.3) is 5.91 Å². The molecule has 10 heteroatoms. The van der Waals surface area contributed by atoms with Crippen LogP contribution in [0, 0.1) is 0 Å². The summed E-state index contributed by atoms with van der Waals surface area (Å²) in [5.41, 5.74) is 3.32. The normalized spacial score (nSPS) is 14.0. The van der Waals surface area contributed by atoms with Crippen molar-refractivity contribution < 1.29 is 14.3 Å². The van der Waals surface area contributed by atoms with Crippen molar-refractivity contribution in [2.45, 2.75) is 12.8 Å². The molecule has 0 spiro atoms. The summed E-state index contributed by atoms with van der Waals surface area (Å²) < 4.78 is 10.9. The summed E-state index contributed by atoms with van der Waals surface area (Å²) in [5.74, 6) is 2.35. The van der Waals surface area contributed by atoms with E-state index in [1.54, 1.807) is 26.6 Å². The van der Waals surface area contributed by atoms with Crippen molar-refractivity contribution in [1.29, 1.82) is 0 Å². The van der Waals surface area contributed by atoms with Gasteiger partial charge in [-0.05, 0) is 29.8 Å². The minimum Gasteiger partial charge on any atom is -0.496 e. The van der Waals surface area contributed by atoms with Gasteiger partial charge < -0.3 is 25.0 Å². The number of aromatic nitrogens is 3. The molecule has 1 aromatic carbocycles. The lowest BCUT2D eigenvalue weighted by Gasteiger charge is -2.27. The van der Waals surface area contributed by atoms with Crippen molar-refractivity contribution in [1.82, 2.24) is 20.3 Å². The van der Waals surface area contributed by atoms with Gasteiger partial charge in [-0.3, -0.25) is 4.79 Å². The van der Waals surface area contributed by atoms with Gasteiger partial charge in [-0.1, -0.05) is 13.0 Å². The number of nitrogens with one attached hydrogen (secondary N) is 2. The van der Waals surface area contributed by atoms with Crippen molar-refractivity contribution in [2.24, 2.45) is 0 Å². The third-order valence-corrected chi connectivity index (χ3v) is 5.89. The van der Waals surface area contributed by atoms with Crippen molar-refractivity contribution in [3.05, 3.63) is 60.0 Å². The zero-order valence-corrected chi connectivity index (χ0v) is 21.2. The highest BCUT2D eigenvalue weighted by atomic mass is 32.1. The smallest absolute Gasteiger partial charge is 0.251 e. The molecule has 0 radical (unpaired) electrons. The molecule has 0 aliphatic carbocycles. The van der Waals surface area contributed by atoms with E-state index in [9.17, 15) is 4.79 Å². The van der Waals surface area contributed by atoms with Crippen LogP contribution in [0.25, 0.3) is 11.3 Å². The second-order valence-electron chi connectivity index (χ2n) is 8.11. The molecule has 1 aliphatic rings. The quantitative estimate of drug-likeness (QED) is 0.491. The number of ether oxygens (including phenoxy) is 2. The molecule has 1 aliphatic heterocycles. The van der Waals surface area contributed by atoms with Crippen LogP contribution in [0.5, 0.6) is 5.75 Å². The first-order chi connectivity index (χ1) is 16.6. The number of nitrogens with zero attached hydrogens (tertiary/aromatic N) is 4. The molecule has 4 rings (SSSR count). The number of benzene rings is 1. The standard InChI is InChI=1S/C25H30N6O3.H2S/c1-17(20-6-4-18(25(32)26-2)12-22(20)33-3)14-27-23-13-21(29-16-30-23)19-5-7-24(28-15-19)31-8-10-34-11-9-31;/h4-7,12-13,15-17H,8-11,14H2,1-3H3,(H,26,32)(H,27,29,30);1H2/t17-;/m1./s1. The maximum Gasteiger partial charge on any atom is 0.251 e. The highest BCUT2D eigenvalue weighted by molar-refractivity contribution is 7.59. The van der Waals surface area contributed by atoms with Crippen LogP contribution in [0.15, 0.2) is 48.9 Å². The van der Waals surface area contributed by atoms with Gasteiger partial charge in [0, 0.05) is 56.0 Å². The van der Waals surface area contributed by atoms with Crippen LogP contribution in [-0.2, 0) is 4.74 Å². The predicted molar refractivity (Wildman–Crippen MR) is 142 cm³/mol. The number of anilines is 2. The molecule has 9 nitrogen and oxygen atoms in total. The number of hydrogen-bond donors (Lipinski definition) is 2. The number of pyridine rings is 1. The van der Waals surface area contributed by atoms with Crippen LogP contribution >= 0.6 is 13.5 Å². The van der Waals surface area contributed by atoms with E-state index in [1.165, 1.54) is 0 Å². The van der Waals surface area contributed by atoms with Crippen LogP contribution in [0.4, 0.5) is 11.6 Å². The van der Waals surface area contributed by atoms with E-state index in [0.29, 0.717) is 17.9 Å². The number of hydrogen-bond acceptors (Lipinski definition) is 8. The summed E-state index contributed by atoms with van der Waals surface area (Å²) in [6.45, 7) is 5.90. The Morgan fingerprint density at radius 2 is 1.94 bits per heavy atom. The van der Waals surface area contributed by atoms with E-state index in [2.05, 4.69) is 37.4 Å². The van der Waals surface area contributed by atoms with E-state index in [0.717, 1.165) is 54.8 Å². The van der Waals surface area contributed by atoms with Crippen LogP contribution in [-0.4, -0.2) is 67.9 Å². The minimum atomic E-state index is -0.142. The monoisotopic (exact) mass is 496 g/mol. The van der Waals surface area contributed by atoms with E-state index >= 15 is 0 Å². The second-order valence-corrected chi connectivity index (χ2v) is 8.11. The van der Waals surface area contributed by atoms with Crippen LogP contribution in [0.1, 0.15) is 28.8 Å². The maximum atomic E-state index is 11.9. The molecular formula is C25H32N6O3S. The van der Waals surface area contributed by atoms with Gasteiger partial charge >= 0.3 is 0 Å². The van der Waals surface area contributed by atoms with Crippen LogP contribution in [0.2, 0.25) is 0 Å².